The molecule has 1 heterocycles. The van der Waals surface area contributed by atoms with Gasteiger partial charge in [0, 0.05) is 0 Å². The Bertz CT molecular complexity index is 797. The van der Waals surface area contributed by atoms with Crippen molar-refractivity contribution in [1.82, 2.24) is 0 Å². The normalized spacial score (nSPS) is 10.8. The largest absolute Gasteiger partial charge is 0.222 e. The maximum Gasteiger partial charge on any atom is -0.112 e. The van der Waals surface area contributed by atoms with Crippen molar-refractivity contribution in [2.24, 2.45) is 0 Å². The smallest absolute Gasteiger partial charge is 0.112 e. The Hall–Kier alpha value is -0.950. The molecule has 2 aromatic carbocycles. The third-order valence-corrected chi connectivity index (χ3v) is 6.68. The van der Waals surface area contributed by atoms with Crippen LogP contribution in [0.15, 0.2) is 65.3 Å². The summed E-state index contributed by atoms with van der Waals surface area (Å²) >= 11 is 3.09. The fourth-order valence-corrected chi connectivity index (χ4v) is 4.83. The van der Waals surface area contributed by atoms with Crippen LogP contribution < -0.4 is 26.2 Å². The molecule has 0 N–H and O–H groups in total. The zero-order valence-electron chi connectivity index (χ0n) is 12.9. The molecule has 0 saturated carbocycles. The van der Waals surface area contributed by atoms with Crippen molar-refractivity contribution in [1.29, 1.82) is 0 Å². The molecule has 6 nitrogen and oxygen atoms in total. The van der Waals surface area contributed by atoms with Gasteiger partial charge in [-0.1, -0.05) is 0 Å². The van der Waals surface area contributed by atoms with E-state index >= 15 is 0 Å². The van der Waals surface area contributed by atoms with Crippen LogP contribution >= 0.6 is 15.9 Å². The molecule has 0 amide bonds. The molecule has 0 saturated heterocycles. The Morgan fingerprint density at radius 3 is 2.00 bits per heavy atom. The molecule has 132 valence electrons. The van der Waals surface area contributed by atoms with Gasteiger partial charge in [0.05, 0.1) is 0 Å². The monoisotopic (exact) mass is 543 g/mol. The van der Waals surface area contributed by atoms with E-state index in [1.165, 1.54) is 14.8 Å². The zero-order chi connectivity index (χ0) is 18.4. The number of hydrogen-bond acceptors (Lipinski definition) is 5. The van der Waals surface area contributed by atoms with Gasteiger partial charge in [-0.05, 0) is 0 Å². The van der Waals surface area contributed by atoms with Gasteiger partial charge in [-0.25, -0.2) is 18.6 Å². The number of rotatable bonds is 3. The SMILES string of the molecule is COc1ccc(-[n+]2ccc(-c3ccc(Br)cc3)[te]2)cc1.[O-][Cl+3]([O-])([O-])[O-]. The van der Waals surface area contributed by atoms with Crippen LogP contribution in [-0.4, -0.2) is 27.8 Å². The summed E-state index contributed by atoms with van der Waals surface area (Å²) in [6, 6.07) is 19.0. The van der Waals surface area contributed by atoms with E-state index in [-0.39, 0.29) is 20.7 Å². The predicted molar refractivity (Wildman–Crippen MR) is 84.6 cm³/mol. The Labute approximate surface area is 165 Å². The van der Waals surface area contributed by atoms with Gasteiger partial charge in [-0.2, -0.15) is 0 Å². The Balaban J connectivity index is 0.000000399. The Morgan fingerprint density at radius 1 is 0.920 bits per heavy atom. The summed E-state index contributed by atoms with van der Waals surface area (Å²) in [7, 11) is -3.25. The molecule has 0 fully saturated rings. The van der Waals surface area contributed by atoms with E-state index in [2.05, 4.69) is 67.4 Å². The van der Waals surface area contributed by atoms with E-state index in [0.717, 1.165) is 10.2 Å². The van der Waals surface area contributed by atoms with Crippen molar-refractivity contribution in [2.75, 3.05) is 7.11 Å². The minimum absolute atomic E-state index is 0.386. The van der Waals surface area contributed by atoms with Crippen LogP contribution in [0.4, 0.5) is 0 Å². The molecule has 0 aliphatic carbocycles. The van der Waals surface area contributed by atoms with Crippen molar-refractivity contribution in [3.8, 4) is 20.6 Å². The fraction of sp³-hybridized carbons (Fsp3) is 0.0625. The number of hydrogen-bond donors (Lipinski definition) is 0. The minimum Gasteiger partial charge on any atom is -0.222 e. The first-order valence-electron chi connectivity index (χ1n) is 6.80. The third kappa shape index (κ3) is 7.05. The van der Waals surface area contributed by atoms with Gasteiger partial charge in [-0.3, -0.25) is 0 Å². The molecule has 3 aromatic rings. The van der Waals surface area contributed by atoms with Crippen molar-refractivity contribution in [2.45, 2.75) is 0 Å². The van der Waals surface area contributed by atoms with E-state index in [1.54, 1.807) is 7.11 Å². The number of methoxy groups -OCH3 is 1. The Morgan fingerprint density at radius 2 is 1.48 bits per heavy atom. The average Bonchev–Trinajstić information content (AvgIpc) is 3.04. The molecular weight excluding hydrogens is 529 g/mol. The molecular formula is C16H13BrClNO5Te. The number of benzene rings is 2. The van der Waals surface area contributed by atoms with Gasteiger partial charge in [0.25, 0.3) is 0 Å². The summed E-state index contributed by atoms with van der Waals surface area (Å²) in [4.78, 5) is 0. The van der Waals surface area contributed by atoms with Crippen molar-refractivity contribution in [3.05, 3.63) is 65.3 Å². The van der Waals surface area contributed by atoms with Gasteiger partial charge < -0.3 is 0 Å². The van der Waals surface area contributed by atoms with Crippen LogP contribution in [0.2, 0.25) is 0 Å². The maximum absolute atomic E-state index is 8.49. The maximum atomic E-state index is 8.49. The van der Waals surface area contributed by atoms with Crippen LogP contribution in [0.5, 0.6) is 5.75 Å². The topological polar surface area (TPSA) is 105 Å². The summed E-state index contributed by atoms with van der Waals surface area (Å²) in [6.45, 7) is 0. The molecule has 0 atom stereocenters. The van der Waals surface area contributed by atoms with Crippen LogP contribution in [0.25, 0.3) is 14.8 Å². The molecule has 1 aromatic heterocycles. The molecule has 0 bridgehead atoms. The Kier molecular flexibility index (Phi) is 7.43. The zero-order valence-corrected chi connectivity index (χ0v) is 17.6. The summed E-state index contributed by atoms with van der Waals surface area (Å²) in [6.07, 6.45) is 2.18. The predicted octanol–water partition coefficient (Wildman–Crippen LogP) is -1.30. The van der Waals surface area contributed by atoms with E-state index in [0.29, 0.717) is 0 Å². The first-order chi connectivity index (χ1) is 11.8. The second kappa shape index (κ2) is 9.12. The first kappa shape index (κ1) is 20.4. The number of ether oxygens (including phenoxy) is 1. The standard InChI is InChI=1S/C16H13BrNOTe.ClHO4/c1-19-15-8-6-14(7-9-15)18-11-10-16(20-18)12-2-4-13(17)5-3-12;2-1(3,4)5/h2-11H,1H3;(H,2,3,4,5)/q+1;/p-1. The van der Waals surface area contributed by atoms with Gasteiger partial charge in [-0.15, -0.1) is 10.2 Å². The molecule has 0 spiro atoms. The molecule has 0 aliphatic rings. The van der Waals surface area contributed by atoms with Crippen LogP contribution in [0.1, 0.15) is 0 Å². The van der Waals surface area contributed by atoms with E-state index < -0.39 is 10.2 Å². The second-order valence-electron chi connectivity index (χ2n) is 4.68. The first-order valence-corrected chi connectivity index (χ1v) is 11.0. The molecule has 25 heavy (non-hydrogen) atoms. The molecule has 9 heteroatoms. The van der Waals surface area contributed by atoms with Crippen LogP contribution in [0.3, 0.4) is 0 Å². The molecule has 3 rings (SSSR count). The van der Waals surface area contributed by atoms with Crippen molar-refractivity contribution >= 4 is 36.6 Å². The summed E-state index contributed by atoms with van der Waals surface area (Å²) < 4.78 is 44.1. The summed E-state index contributed by atoms with van der Waals surface area (Å²) in [5.74, 6) is 0.898. The van der Waals surface area contributed by atoms with Gasteiger partial charge in [0.2, 0.25) is 0 Å². The number of aromatic nitrogens is 1. The van der Waals surface area contributed by atoms with Gasteiger partial charge in [0.1, 0.15) is 0 Å². The van der Waals surface area contributed by atoms with E-state index in [4.69, 9.17) is 23.4 Å². The average molecular weight is 542 g/mol. The quantitative estimate of drug-likeness (QED) is 0.383. The van der Waals surface area contributed by atoms with Gasteiger partial charge in [0.15, 0.2) is 0 Å². The second-order valence-corrected chi connectivity index (χ2v) is 9.25. The van der Waals surface area contributed by atoms with E-state index in [9.17, 15) is 0 Å². The minimum atomic E-state index is -4.94. The molecule has 0 unspecified atom stereocenters. The van der Waals surface area contributed by atoms with E-state index in [1.807, 2.05) is 12.1 Å². The van der Waals surface area contributed by atoms with Crippen molar-refractivity contribution in [3.63, 3.8) is 0 Å². The third-order valence-electron chi connectivity index (χ3n) is 3.01. The number of nitrogens with zero attached hydrogens (tertiary/aromatic N) is 1. The fourth-order valence-electron chi connectivity index (χ4n) is 1.93. The van der Waals surface area contributed by atoms with Crippen LogP contribution in [-0.2, 0) is 0 Å². The van der Waals surface area contributed by atoms with Gasteiger partial charge >= 0.3 is 137 Å². The van der Waals surface area contributed by atoms with Crippen LogP contribution in [0, 0.1) is 10.2 Å². The number of halogens is 2. The van der Waals surface area contributed by atoms with Crippen molar-refractivity contribution < 1.29 is 36.4 Å². The summed E-state index contributed by atoms with van der Waals surface area (Å²) in [5, 5.41) is 0. The molecule has 0 aliphatic heterocycles. The summed E-state index contributed by atoms with van der Waals surface area (Å²) in [5.41, 5.74) is 2.56. The molecule has 0 radical (unpaired) electrons.